The standard InChI is InChI=1S/C12H24N2S/c1-11(2,7-6-8-13)9-14-10-12(3,4)15-5/h14H,6-7,9-10H2,1-5H3. The van der Waals surface area contributed by atoms with Crippen molar-refractivity contribution in [3.63, 3.8) is 0 Å². The minimum Gasteiger partial charge on any atom is -0.315 e. The van der Waals surface area contributed by atoms with Gasteiger partial charge in [-0.1, -0.05) is 13.8 Å². The van der Waals surface area contributed by atoms with Crippen molar-refractivity contribution in [3.05, 3.63) is 0 Å². The van der Waals surface area contributed by atoms with Crippen LogP contribution in [-0.2, 0) is 0 Å². The van der Waals surface area contributed by atoms with Crippen LogP contribution >= 0.6 is 11.8 Å². The molecule has 0 aliphatic carbocycles. The fraction of sp³-hybridized carbons (Fsp3) is 0.917. The average Bonchev–Trinajstić information content (AvgIpc) is 2.14. The molecule has 0 saturated carbocycles. The summed E-state index contributed by atoms with van der Waals surface area (Å²) >= 11 is 1.88. The number of nitrogens with one attached hydrogen (secondary N) is 1. The number of nitriles is 1. The molecule has 0 saturated heterocycles. The maximum absolute atomic E-state index is 8.55. The molecule has 0 aromatic heterocycles. The zero-order valence-electron chi connectivity index (χ0n) is 10.7. The van der Waals surface area contributed by atoms with Crippen LogP contribution in [0.2, 0.25) is 0 Å². The summed E-state index contributed by atoms with van der Waals surface area (Å²) in [6, 6.07) is 2.21. The highest BCUT2D eigenvalue weighted by Gasteiger charge is 2.20. The first-order chi connectivity index (χ1) is 6.83. The minimum absolute atomic E-state index is 0.226. The molecule has 0 aromatic carbocycles. The molecule has 0 heterocycles. The van der Waals surface area contributed by atoms with E-state index in [0.717, 1.165) is 19.5 Å². The van der Waals surface area contributed by atoms with Crippen LogP contribution in [0.1, 0.15) is 40.5 Å². The quantitative estimate of drug-likeness (QED) is 0.727. The van der Waals surface area contributed by atoms with Gasteiger partial charge in [-0.3, -0.25) is 0 Å². The Morgan fingerprint density at radius 1 is 1.20 bits per heavy atom. The lowest BCUT2D eigenvalue weighted by Gasteiger charge is -2.28. The Balaban J connectivity index is 3.80. The van der Waals surface area contributed by atoms with Crippen LogP contribution in [0, 0.1) is 16.7 Å². The summed E-state index contributed by atoms with van der Waals surface area (Å²) in [6.07, 6.45) is 3.76. The van der Waals surface area contributed by atoms with Crippen molar-refractivity contribution in [2.75, 3.05) is 19.3 Å². The SMILES string of the molecule is CSC(C)(C)CNCC(C)(C)CCC#N. The van der Waals surface area contributed by atoms with Gasteiger partial charge in [-0.15, -0.1) is 0 Å². The van der Waals surface area contributed by atoms with E-state index >= 15 is 0 Å². The topological polar surface area (TPSA) is 35.8 Å². The van der Waals surface area contributed by atoms with Crippen molar-refractivity contribution in [2.45, 2.75) is 45.3 Å². The molecule has 88 valence electrons. The number of nitrogens with zero attached hydrogens (tertiary/aromatic N) is 1. The molecule has 15 heavy (non-hydrogen) atoms. The second-order valence-electron chi connectivity index (χ2n) is 5.39. The van der Waals surface area contributed by atoms with E-state index in [2.05, 4.69) is 45.3 Å². The molecule has 0 atom stereocenters. The van der Waals surface area contributed by atoms with Crippen molar-refractivity contribution in [3.8, 4) is 6.07 Å². The normalized spacial score (nSPS) is 12.5. The lowest BCUT2D eigenvalue weighted by molar-refractivity contribution is 0.314. The van der Waals surface area contributed by atoms with Gasteiger partial charge in [-0.25, -0.2) is 0 Å². The van der Waals surface area contributed by atoms with Crippen molar-refractivity contribution in [2.24, 2.45) is 5.41 Å². The molecule has 0 unspecified atom stereocenters. The van der Waals surface area contributed by atoms with Crippen LogP contribution < -0.4 is 5.32 Å². The zero-order chi connectivity index (χ0) is 11.9. The lowest BCUT2D eigenvalue weighted by Crippen LogP contribution is -2.37. The van der Waals surface area contributed by atoms with E-state index in [1.54, 1.807) is 0 Å². The van der Waals surface area contributed by atoms with E-state index in [1.807, 2.05) is 11.8 Å². The van der Waals surface area contributed by atoms with Gasteiger partial charge in [0.05, 0.1) is 6.07 Å². The molecule has 0 bridgehead atoms. The highest BCUT2D eigenvalue weighted by molar-refractivity contribution is 7.99. The maximum atomic E-state index is 8.55. The Labute approximate surface area is 98.8 Å². The van der Waals surface area contributed by atoms with Gasteiger partial charge in [0.2, 0.25) is 0 Å². The van der Waals surface area contributed by atoms with Crippen molar-refractivity contribution in [1.29, 1.82) is 5.26 Å². The summed E-state index contributed by atoms with van der Waals surface area (Å²) < 4.78 is 0.297. The molecule has 0 aliphatic rings. The van der Waals surface area contributed by atoms with Crippen LogP contribution in [0.15, 0.2) is 0 Å². The molecule has 0 rings (SSSR count). The van der Waals surface area contributed by atoms with Gasteiger partial charge in [0.25, 0.3) is 0 Å². The van der Waals surface area contributed by atoms with Gasteiger partial charge in [-0.2, -0.15) is 17.0 Å². The molecular weight excluding hydrogens is 204 g/mol. The van der Waals surface area contributed by atoms with E-state index in [0.29, 0.717) is 11.2 Å². The first-order valence-corrected chi connectivity index (χ1v) is 6.68. The lowest BCUT2D eigenvalue weighted by atomic mass is 9.88. The highest BCUT2D eigenvalue weighted by atomic mass is 32.2. The van der Waals surface area contributed by atoms with Gasteiger partial charge in [0, 0.05) is 24.3 Å². The predicted molar refractivity (Wildman–Crippen MR) is 69.1 cm³/mol. The summed E-state index contributed by atoms with van der Waals surface area (Å²) in [6.45, 7) is 10.9. The van der Waals surface area contributed by atoms with E-state index in [-0.39, 0.29) is 5.41 Å². The molecule has 0 radical (unpaired) electrons. The van der Waals surface area contributed by atoms with Crippen molar-refractivity contribution < 1.29 is 0 Å². The molecule has 0 aromatic rings. The van der Waals surface area contributed by atoms with E-state index in [1.165, 1.54) is 0 Å². The summed E-state index contributed by atoms with van der Waals surface area (Å²) in [5.74, 6) is 0. The monoisotopic (exact) mass is 228 g/mol. The third kappa shape index (κ3) is 7.70. The number of hydrogen-bond donors (Lipinski definition) is 1. The van der Waals surface area contributed by atoms with Crippen LogP contribution in [-0.4, -0.2) is 24.1 Å². The summed E-state index contributed by atoms with van der Waals surface area (Å²) in [5, 5.41) is 12.0. The van der Waals surface area contributed by atoms with Crippen molar-refractivity contribution in [1.82, 2.24) is 5.32 Å². The number of hydrogen-bond acceptors (Lipinski definition) is 3. The second-order valence-corrected chi connectivity index (χ2v) is 6.90. The van der Waals surface area contributed by atoms with Gasteiger partial charge in [-0.05, 0) is 31.9 Å². The predicted octanol–water partition coefficient (Wildman–Crippen LogP) is 3.05. The van der Waals surface area contributed by atoms with Gasteiger partial charge < -0.3 is 5.32 Å². The van der Waals surface area contributed by atoms with Gasteiger partial charge in [0.15, 0.2) is 0 Å². The highest BCUT2D eigenvalue weighted by Crippen LogP contribution is 2.23. The van der Waals surface area contributed by atoms with Crippen LogP contribution in [0.25, 0.3) is 0 Å². The Morgan fingerprint density at radius 2 is 1.80 bits per heavy atom. The van der Waals surface area contributed by atoms with Gasteiger partial charge >= 0.3 is 0 Å². The fourth-order valence-corrected chi connectivity index (χ4v) is 1.50. The third-order valence-corrected chi connectivity index (χ3v) is 3.87. The van der Waals surface area contributed by atoms with E-state index in [9.17, 15) is 0 Å². The Hall–Kier alpha value is -0.200. The molecule has 2 nitrogen and oxygen atoms in total. The second kappa shape index (κ2) is 6.40. The number of rotatable bonds is 7. The largest absolute Gasteiger partial charge is 0.315 e. The molecule has 1 N–H and O–H groups in total. The van der Waals surface area contributed by atoms with Crippen molar-refractivity contribution >= 4 is 11.8 Å². The van der Waals surface area contributed by atoms with E-state index in [4.69, 9.17) is 5.26 Å². The first kappa shape index (κ1) is 14.8. The molecule has 0 aliphatic heterocycles. The fourth-order valence-electron chi connectivity index (χ4n) is 1.26. The maximum Gasteiger partial charge on any atom is 0.0621 e. The Kier molecular flexibility index (Phi) is 6.31. The third-order valence-electron chi connectivity index (χ3n) is 2.62. The summed E-state index contributed by atoms with van der Waals surface area (Å²) in [4.78, 5) is 0. The molecule has 3 heteroatoms. The van der Waals surface area contributed by atoms with E-state index < -0.39 is 0 Å². The minimum atomic E-state index is 0.226. The average molecular weight is 228 g/mol. The summed E-state index contributed by atoms with van der Waals surface area (Å²) in [7, 11) is 0. The molecule has 0 spiro atoms. The Morgan fingerprint density at radius 3 is 2.27 bits per heavy atom. The molecule has 0 amide bonds. The first-order valence-electron chi connectivity index (χ1n) is 5.46. The van der Waals surface area contributed by atoms with Gasteiger partial charge in [0.1, 0.15) is 0 Å². The van der Waals surface area contributed by atoms with Crippen LogP contribution in [0.4, 0.5) is 0 Å². The summed E-state index contributed by atoms with van der Waals surface area (Å²) in [5.41, 5.74) is 0.226. The van der Waals surface area contributed by atoms with Crippen LogP contribution in [0.5, 0.6) is 0 Å². The number of thioether (sulfide) groups is 1. The zero-order valence-corrected chi connectivity index (χ0v) is 11.5. The van der Waals surface area contributed by atoms with Crippen LogP contribution in [0.3, 0.4) is 0 Å². The molecule has 0 fully saturated rings. The Bertz CT molecular complexity index is 216. The smallest absolute Gasteiger partial charge is 0.0621 e. The molecular formula is C12H24N2S.